The lowest BCUT2D eigenvalue weighted by Crippen LogP contribution is -2.38. The summed E-state index contributed by atoms with van der Waals surface area (Å²) in [7, 11) is 1.71. The van der Waals surface area contributed by atoms with Gasteiger partial charge in [0.25, 0.3) is 5.91 Å². The number of nitrogens with zero attached hydrogens (tertiary/aromatic N) is 2. The Balaban J connectivity index is 1.33. The van der Waals surface area contributed by atoms with Gasteiger partial charge in [0.05, 0.1) is 26.0 Å². The second-order valence-corrected chi connectivity index (χ2v) is 9.74. The molecule has 36 heavy (non-hydrogen) atoms. The highest BCUT2D eigenvalue weighted by Crippen LogP contribution is 2.34. The maximum absolute atomic E-state index is 12.8. The summed E-state index contributed by atoms with van der Waals surface area (Å²) in [6, 6.07) is 18.7. The number of hydrogen-bond donors (Lipinski definition) is 1. The molecule has 1 amide bonds. The van der Waals surface area contributed by atoms with Gasteiger partial charge in [0.15, 0.2) is 0 Å². The van der Waals surface area contributed by atoms with Gasteiger partial charge in [0.1, 0.15) is 5.75 Å². The molecule has 1 aliphatic heterocycles. The van der Waals surface area contributed by atoms with Crippen molar-refractivity contribution in [1.29, 1.82) is 0 Å². The van der Waals surface area contributed by atoms with Gasteiger partial charge in [-0.2, -0.15) is 0 Å². The van der Waals surface area contributed by atoms with Crippen LogP contribution in [0.15, 0.2) is 54.6 Å². The number of benzene rings is 2. The first kappa shape index (κ1) is 24.6. The third-order valence-corrected chi connectivity index (χ3v) is 7.35. The van der Waals surface area contributed by atoms with E-state index in [9.17, 15) is 4.79 Å². The second kappa shape index (κ2) is 11.8. The molecule has 0 saturated carbocycles. The summed E-state index contributed by atoms with van der Waals surface area (Å²) >= 11 is 0. The molecular formula is C30H37N3O3. The lowest BCUT2D eigenvalue weighted by molar-refractivity contribution is 0.0374. The Hall–Kier alpha value is -3.09. The van der Waals surface area contributed by atoms with Crippen molar-refractivity contribution in [2.24, 2.45) is 0 Å². The molecule has 0 radical (unpaired) electrons. The van der Waals surface area contributed by atoms with Crippen molar-refractivity contribution in [3.63, 3.8) is 0 Å². The zero-order chi connectivity index (χ0) is 24.7. The molecule has 190 valence electrons. The fraction of sp³-hybridized carbons (Fsp3) is 0.433. The monoisotopic (exact) mass is 487 g/mol. The number of ether oxygens (including phenoxy) is 2. The highest BCUT2D eigenvalue weighted by molar-refractivity contribution is 5.94. The largest absolute Gasteiger partial charge is 0.497 e. The van der Waals surface area contributed by atoms with Crippen LogP contribution in [0.25, 0.3) is 16.9 Å². The minimum Gasteiger partial charge on any atom is -0.497 e. The minimum absolute atomic E-state index is 0.0112. The number of morpholine rings is 1. The van der Waals surface area contributed by atoms with E-state index in [1.165, 1.54) is 36.2 Å². The Bertz CT molecular complexity index is 1160. The number of methoxy groups -OCH3 is 1. The first-order valence-electron chi connectivity index (χ1n) is 13.3. The first-order valence-corrected chi connectivity index (χ1v) is 13.3. The molecule has 6 heteroatoms. The summed E-state index contributed by atoms with van der Waals surface area (Å²) in [5.41, 5.74) is 6.95. The van der Waals surface area contributed by atoms with E-state index in [0.29, 0.717) is 12.1 Å². The van der Waals surface area contributed by atoms with E-state index in [2.05, 4.69) is 45.1 Å². The molecule has 1 aliphatic carbocycles. The molecule has 1 saturated heterocycles. The van der Waals surface area contributed by atoms with Gasteiger partial charge >= 0.3 is 0 Å². The average molecular weight is 488 g/mol. The molecule has 3 aromatic rings. The molecule has 0 bridgehead atoms. The van der Waals surface area contributed by atoms with Crippen LogP contribution in [-0.4, -0.2) is 61.9 Å². The Kier molecular flexibility index (Phi) is 8.04. The molecule has 1 fully saturated rings. The van der Waals surface area contributed by atoms with Crippen LogP contribution in [0, 0.1) is 0 Å². The maximum Gasteiger partial charge on any atom is 0.251 e. The van der Waals surface area contributed by atoms with Crippen LogP contribution in [0.1, 0.15) is 47.3 Å². The van der Waals surface area contributed by atoms with Crippen LogP contribution in [0.5, 0.6) is 5.75 Å². The molecule has 6 nitrogen and oxygen atoms in total. The molecule has 5 rings (SSSR count). The second-order valence-electron chi connectivity index (χ2n) is 9.74. The molecule has 0 spiro atoms. The lowest BCUT2D eigenvalue weighted by atomic mass is 10.1. The summed E-state index contributed by atoms with van der Waals surface area (Å²) in [5.74, 6) is 0.846. The van der Waals surface area contributed by atoms with Gasteiger partial charge in [0.2, 0.25) is 0 Å². The number of hydrogen-bond acceptors (Lipinski definition) is 4. The van der Waals surface area contributed by atoms with Crippen LogP contribution < -0.4 is 10.1 Å². The number of aromatic nitrogens is 1. The maximum atomic E-state index is 12.8. The van der Waals surface area contributed by atoms with Crippen LogP contribution in [0.4, 0.5) is 0 Å². The number of carbonyl (C=O) groups excluding carboxylic acids is 1. The standard InChI is InChI=1S/C30H37N3O3/c1-35-27-9-5-8-24(21-27)29-22-25-7-3-2-4-10-28(25)33(29)26-13-11-23(12-14-26)30(34)31-15-6-16-32-17-19-36-20-18-32/h5,8-9,11-14,21-22H,2-4,6-7,10,15-20H2,1H3,(H,31,34). The molecule has 1 N–H and O–H groups in total. The smallest absolute Gasteiger partial charge is 0.251 e. The molecule has 1 aromatic heterocycles. The van der Waals surface area contributed by atoms with Crippen LogP contribution in [0.3, 0.4) is 0 Å². The number of fused-ring (bicyclic) bond motifs is 1. The molecule has 2 aliphatic rings. The number of carbonyl (C=O) groups is 1. The quantitative estimate of drug-likeness (QED) is 0.364. The fourth-order valence-corrected chi connectivity index (χ4v) is 5.36. The van der Waals surface area contributed by atoms with E-state index in [-0.39, 0.29) is 5.91 Å². The SMILES string of the molecule is COc1cccc(-c2cc3c(n2-c2ccc(C(=O)NCCCN4CCOCC4)cc2)CCCCC3)c1. The zero-order valence-electron chi connectivity index (χ0n) is 21.3. The summed E-state index contributed by atoms with van der Waals surface area (Å²) < 4.78 is 13.3. The van der Waals surface area contributed by atoms with Crippen molar-refractivity contribution in [1.82, 2.24) is 14.8 Å². The van der Waals surface area contributed by atoms with Gasteiger partial charge in [-0.25, -0.2) is 0 Å². The van der Waals surface area contributed by atoms with Gasteiger partial charge in [-0.15, -0.1) is 0 Å². The predicted molar refractivity (Wildman–Crippen MR) is 143 cm³/mol. The lowest BCUT2D eigenvalue weighted by Gasteiger charge is -2.26. The van der Waals surface area contributed by atoms with E-state index in [1.807, 2.05) is 24.3 Å². The van der Waals surface area contributed by atoms with Crippen molar-refractivity contribution < 1.29 is 14.3 Å². The summed E-state index contributed by atoms with van der Waals surface area (Å²) in [5, 5.41) is 3.08. The minimum atomic E-state index is -0.0112. The van der Waals surface area contributed by atoms with E-state index in [0.717, 1.165) is 69.1 Å². The van der Waals surface area contributed by atoms with Crippen LogP contribution in [0.2, 0.25) is 0 Å². The zero-order valence-corrected chi connectivity index (χ0v) is 21.3. The van der Waals surface area contributed by atoms with Crippen molar-refractivity contribution in [2.75, 3.05) is 46.5 Å². The van der Waals surface area contributed by atoms with E-state index in [1.54, 1.807) is 7.11 Å². The van der Waals surface area contributed by atoms with E-state index in [4.69, 9.17) is 9.47 Å². The highest BCUT2D eigenvalue weighted by Gasteiger charge is 2.20. The Morgan fingerprint density at radius 1 is 1.00 bits per heavy atom. The van der Waals surface area contributed by atoms with Gasteiger partial charge in [-0.05, 0) is 86.7 Å². The third-order valence-electron chi connectivity index (χ3n) is 7.35. The normalized spacial score (nSPS) is 16.2. The van der Waals surface area contributed by atoms with Crippen molar-refractivity contribution in [2.45, 2.75) is 38.5 Å². The van der Waals surface area contributed by atoms with Crippen LogP contribution in [-0.2, 0) is 17.6 Å². The molecular weight excluding hydrogens is 450 g/mol. The topological polar surface area (TPSA) is 55.7 Å². The number of rotatable bonds is 8. The van der Waals surface area contributed by atoms with Gasteiger partial charge in [-0.1, -0.05) is 18.6 Å². The molecule has 0 unspecified atom stereocenters. The molecule has 2 heterocycles. The van der Waals surface area contributed by atoms with Crippen LogP contribution >= 0.6 is 0 Å². The van der Waals surface area contributed by atoms with Crippen molar-refractivity contribution in [3.8, 4) is 22.7 Å². The van der Waals surface area contributed by atoms with Gasteiger partial charge in [0, 0.05) is 42.1 Å². The molecule has 2 aromatic carbocycles. The summed E-state index contributed by atoms with van der Waals surface area (Å²) in [4.78, 5) is 15.2. The predicted octanol–water partition coefficient (Wildman–Crippen LogP) is 4.87. The number of amides is 1. The third kappa shape index (κ3) is 5.66. The molecule has 0 atom stereocenters. The van der Waals surface area contributed by atoms with E-state index >= 15 is 0 Å². The summed E-state index contributed by atoms with van der Waals surface area (Å²) in [6.07, 6.45) is 6.85. The number of nitrogens with one attached hydrogen (secondary N) is 1. The highest BCUT2D eigenvalue weighted by atomic mass is 16.5. The first-order chi connectivity index (χ1) is 17.7. The summed E-state index contributed by atoms with van der Waals surface area (Å²) in [6.45, 7) is 5.26. The van der Waals surface area contributed by atoms with Gasteiger partial charge in [-0.3, -0.25) is 9.69 Å². The van der Waals surface area contributed by atoms with Crippen molar-refractivity contribution >= 4 is 5.91 Å². The van der Waals surface area contributed by atoms with Gasteiger partial charge < -0.3 is 19.4 Å². The van der Waals surface area contributed by atoms with Crippen molar-refractivity contribution in [3.05, 3.63) is 71.4 Å². The average Bonchev–Trinajstić information content (AvgIpc) is 3.14. The number of aryl methyl sites for hydroxylation is 1. The Morgan fingerprint density at radius 2 is 1.81 bits per heavy atom. The Morgan fingerprint density at radius 3 is 2.61 bits per heavy atom. The van der Waals surface area contributed by atoms with E-state index < -0.39 is 0 Å². The fourth-order valence-electron chi connectivity index (χ4n) is 5.36. The Labute approximate surface area is 214 Å².